The molecule has 18 heavy (non-hydrogen) atoms. The lowest BCUT2D eigenvalue weighted by Gasteiger charge is -2.29. The van der Waals surface area contributed by atoms with Crippen molar-refractivity contribution in [2.24, 2.45) is 29.4 Å². The first-order valence-corrected chi connectivity index (χ1v) is 6.70. The van der Waals surface area contributed by atoms with Crippen LogP contribution in [-0.4, -0.2) is 29.1 Å². The third-order valence-electron chi connectivity index (χ3n) is 4.51. The molecule has 2 aliphatic rings. The smallest absolute Gasteiger partial charge is 0.326 e. The van der Waals surface area contributed by atoms with Crippen LogP contribution in [0.2, 0.25) is 0 Å². The van der Waals surface area contributed by atoms with Crippen LogP contribution in [0.5, 0.6) is 0 Å². The molecular weight excluding hydrogens is 232 g/mol. The zero-order chi connectivity index (χ0) is 13.4. The predicted octanol–water partition coefficient (Wildman–Crippen LogP) is 0.585. The monoisotopic (exact) mass is 254 g/mol. The van der Waals surface area contributed by atoms with Crippen LogP contribution in [-0.2, 0) is 9.59 Å². The number of aliphatic carboxylic acids is 1. The largest absolute Gasteiger partial charge is 0.480 e. The van der Waals surface area contributed by atoms with Gasteiger partial charge in [0, 0.05) is 6.04 Å². The first-order chi connectivity index (χ1) is 8.41. The summed E-state index contributed by atoms with van der Waals surface area (Å²) in [6, 6.07) is -0.908. The summed E-state index contributed by atoms with van der Waals surface area (Å²) in [5.41, 5.74) is 6.08. The normalized spacial score (nSPS) is 35.8. The van der Waals surface area contributed by atoms with Gasteiger partial charge in [-0.1, -0.05) is 13.8 Å². The first-order valence-electron chi connectivity index (χ1n) is 6.70. The zero-order valence-corrected chi connectivity index (χ0v) is 10.9. The summed E-state index contributed by atoms with van der Waals surface area (Å²) >= 11 is 0. The number of carbonyl (C=O) groups excluding carboxylic acids is 1. The van der Waals surface area contributed by atoms with Crippen LogP contribution in [0.3, 0.4) is 0 Å². The number of hydrogen-bond donors (Lipinski definition) is 3. The molecule has 0 heterocycles. The molecule has 2 rings (SSSR count). The summed E-state index contributed by atoms with van der Waals surface area (Å²) in [5.74, 6) is -0.656. The molecule has 0 aromatic rings. The van der Waals surface area contributed by atoms with Crippen molar-refractivity contribution in [3.8, 4) is 0 Å². The molecule has 2 aliphatic carbocycles. The minimum Gasteiger partial charge on any atom is -0.480 e. The van der Waals surface area contributed by atoms with Crippen molar-refractivity contribution in [1.82, 2.24) is 5.32 Å². The minimum absolute atomic E-state index is 0.0923. The van der Waals surface area contributed by atoms with Crippen LogP contribution >= 0.6 is 0 Å². The van der Waals surface area contributed by atoms with E-state index in [-0.39, 0.29) is 23.8 Å². The summed E-state index contributed by atoms with van der Waals surface area (Å²) in [4.78, 5) is 23.3. The Morgan fingerprint density at radius 2 is 1.89 bits per heavy atom. The number of hydrogen-bond acceptors (Lipinski definition) is 3. The number of nitrogens with one attached hydrogen (secondary N) is 1. The van der Waals surface area contributed by atoms with E-state index in [9.17, 15) is 9.59 Å². The van der Waals surface area contributed by atoms with E-state index in [1.54, 1.807) is 13.8 Å². The van der Waals surface area contributed by atoms with Gasteiger partial charge in [0.05, 0.1) is 5.92 Å². The highest BCUT2D eigenvalue weighted by Gasteiger charge is 2.49. The molecule has 5 nitrogen and oxygen atoms in total. The van der Waals surface area contributed by atoms with Crippen LogP contribution in [0.4, 0.5) is 0 Å². The van der Waals surface area contributed by atoms with Gasteiger partial charge in [0.15, 0.2) is 0 Å². The fraction of sp³-hybridized carbons (Fsp3) is 0.846. The maximum atomic E-state index is 12.2. The molecule has 0 saturated heterocycles. The summed E-state index contributed by atoms with van der Waals surface area (Å²) in [6.45, 7) is 3.58. The van der Waals surface area contributed by atoms with E-state index in [4.69, 9.17) is 10.8 Å². The Kier molecular flexibility index (Phi) is 3.61. The van der Waals surface area contributed by atoms with E-state index in [1.165, 1.54) is 0 Å². The minimum atomic E-state index is -0.977. The van der Waals surface area contributed by atoms with E-state index in [0.29, 0.717) is 11.8 Å². The SMILES string of the molecule is CC(C)C(NC(=O)C1C2CCC(C2)C1N)C(=O)O. The number of carboxylic acids is 1. The van der Waals surface area contributed by atoms with Crippen molar-refractivity contribution < 1.29 is 14.7 Å². The van der Waals surface area contributed by atoms with Gasteiger partial charge in [-0.2, -0.15) is 0 Å². The number of carboxylic acid groups (broad SMARTS) is 1. The van der Waals surface area contributed by atoms with Crippen LogP contribution in [0.25, 0.3) is 0 Å². The fourth-order valence-electron chi connectivity index (χ4n) is 3.49. The number of amides is 1. The molecule has 2 fully saturated rings. The van der Waals surface area contributed by atoms with Crippen molar-refractivity contribution in [3.05, 3.63) is 0 Å². The second kappa shape index (κ2) is 4.88. The fourth-order valence-corrected chi connectivity index (χ4v) is 3.49. The van der Waals surface area contributed by atoms with Crippen LogP contribution in [0, 0.1) is 23.7 Å². The third-order valence-corrected chi connectivity index (χ3v) is 4.51. The zero-order valence-electron chi connectivity index (χ0n) is 10.9. The molecule has 0 radical (unpaired) electrons. The quantitative estimate of drug-likeness (QED) is 0.684. The molecule has 2 saturated carbocycles. The molecule has 5 heteroatoms. The molecular formula is C13H22N2O3. The van der Waals surface area contributed by atoms with Gasteiger partial charge in [0.2, 0.25) is 5.91 Å². The molecule has 5 atom stereocenters. The Labute approximate surface area is 107 Å². The average Bonchev–Trinajstić information content (AvgIpc) is 2.84. The van der Waals surface area contributed by atoms with E-state index in [1.807, 2.05) is 0 Å². The molecule has 0 aliphatic heterocycles. The second-order valence-electron chi connectivity index (χ2n) is 6.00. The van der Waals surface area contributed by atoms with Crippen LogP contribution in [0.1, 0.15) is 33.1 Å². The predicted molar refractivity (Wildman–Crippen MR) is 66.7 cm³/mol. The molecule has 1 amide bonds. The van der Waals surface area contributed by atoms with Gasteiger partial charge in [-0.15, -0.1) is 0 Å². The number of carbonyl (C=O) groups is 2. The Morgan fingerprint density at radius 1 is 1.28 bits per heavy atom. The van der Waals surface area contributed by atoms with Gasteiger partial charge in [0.25, 0.3) is 0 Å². The van der Waals surface area contributed by atoms with Gasteiger partial charge in [0.1, 0.15) is 6.04 Å². The highest BCUT2D eigenvalue weighted by atomic mass is 16.4. The molecule has 0 spiro atoms. The highest BCUT2D eigenvalue weighted by Crippen LogP contribution is 2.47. The lowest BCUT2D eigenvalue weighted by Crippen LogP contribution is -2.51. The highest BCUT2D eigenvalue weighted by molar-refractivity contribution is 5.86. The Bertz CT molecular complexity index is 354. The summed E-state index contributed by atoms with van der Waals surface area (Å²) in [6.07, 6.45) is 3.19. The first kappa shape index (κ1) is 13.3. The van der Waals surface area contributed by atoms with Crippen molar-refractivity contribution in [3.63, 3.8) is 0 Å². The third kappa shape index (κ3) is 2.23. The maximum absolute atomic E-state index is 12.2. The maximum Gasteiger partial charge on any atom is 0.326 e. The lowest BCUT2D eigenvalue weighted by molar-refractivity contribution is -0.144. The summed E-state index contributed by atoms with van der Waals surface area (Å²) in [5, 5.41) is 11.7. The van der Waals surface area contributed by atoms with E-state index >= 15 is 0 Å². The number of fused-ring (bicyclic) bond motifs is 2. The lowest BCUT2D eigenvalue weighted by atomic mass is 9.84. The van der Waals surface area contributed by atoms with E-state index < -0.39 is 12.0 Å². The van der Waals surface area contributed by atoms with Crippen molar-refractivity contribution >= 4 is 11.9 Å². The number of rotatable bonds is 4. The van der Waals surface area contributed by atoms with Crippen LogP contribution < -0.4 is 11.1 Å². The van der Waals surface area contributed by atoms with Gasteiger partial charge >= 0.3 is 5.97 Å². The summed E-state index contributed by atoms with van der Waals surface area (Å²) in [7, 11) is 0. The van der Waals surface area contributed by atoms with Crippen LogP contribution in [0.15, 0.2) is 0 Å². The van der Waals surface area contributed by atoms with Gasteiger partial charge in [-0.3, -0.25) is 4.79 Å². The Balaban J connectivity index is 2.01. The van der Waals surface area contributed by atoms with Crippen molar-refractivity contribution in [1.29, 1.82) is 0 Å². The molecule has 0 aromatic heterocycles. The van der Waals surface area contributed by atoms with E-state index in [2.05, 4.69) is 5.32 Å². The van der Waals surface area contributed by atoms with Gasteiger partial charge < -0.3 is 16.2 Å². The standard InChI is InChI=1S/C13H22N2O3/c1-6(2)11(13(17)18)15-12(16)9-7-3-4-8(5-7)10(9)14/h6-11H,3-5,14H2,1-2H3,(H,15,16)(H,17,18). The van der Waals surface area contributed by atoms with Gasteiger partial charge in [-0.25, -0.2) is 4.79 Å². The van der Waals surface area contributed by atoms with Crippen molar-refractivity contribution in [2.45, 2.75) is 45.2 Å². The Morgan fingerprint density at radius 3 is 2.33 bits per heavy atom. The topological polar surface area (TPSA) is 92.4 Å². The molecule has 2 bridgehead atoms. The molecule has 4 N–H and O–H groups in total. The molecule has 102 valence electrons. The second-order valence-corrected chi connectivity index (χ2v) is 6.00. The number of nitrogens with two attached hydrogens (primary N) is 1. The molecule has 0 aromatic carbocycles. The molecule has 5 unspecified atom stereocenters. The Hall–Kier alpha value is -1.10. The van der Waals surface area contributed by atoms with Gasteiger partial charge in [-0.05, 0) is 37.0 Å². The summed E-state index contributed by atoms with van der Waals surface area (Å²) < 4.78 is 0. The van der Waals surface area contributed by atoms with E-state index in [0.717, 1.165) is 19.3 Å². The van der Waals surface area contributed by atoms with Crippen molar-refractivity contribution in [2.75, 3.05) is 0 Å². The average molecular weight is 254 g/mol.